The van der Waals surface area contributed by atoms with Gasteiger partial charge in [-0.1, -0.05) is 19.3 Å². The number of amides is 1. The van der Waals surface area contributed by atoms with E-state index in [0.717, 1.165) is 49.8 Å². The molecule has 0 radical (unpaired) electrons. The predicted molar refractivity (Wildman–Crippen MR) is 107 cm³/mol. The summed E-state index contributed by atoms with van der Waals surface area (Å²) in [6, 6.07) is 5.77. The normalized spacial score (nSPS) is 20.7. The van der Waals surface area contributed by atoms with Crippen LogP contribution in [0, 0.1) is 11.8 Å². The Bertz CT molecular complexity index is 783. The minimum absolute atomic E-state index is 0. The summed E-state index contributed by atoms with van der Waals surface area (Å²) >= 11 is 0. The molecule has 158 valence electrons. The maximum atomic E-state index is 13.0. The molecule has 1 fully saturated rings. The Morgan fingerprint density at radius 1 is 1.10 bits per heavy atom. The van der Waals surface area contributed by atoms with Crippen LogP contribution in [0.2, 0.25) is 0 Å². The van der Waals surface area contributed by atoms with Crippen molar-refractivity contribution < 1.29 is 53.7 Å². The smallest absolute Gasteiger partial charge is 0.550 e. The molecule has 7 nitrogen and oxygen atoms in total. The summed E-state index contributed by atoms with van der Waals surface area (Å²) < 4.78 is 10.8. The average molecular weight is 424 g/mol. The molecule has 0 N–H and O–H groups in total. The molecule has 3 rings (SSSR count). The third-order valence-corrected chi connectivity index (χ3v) is 5.85. The van der Waals surface area contributed by atoms with Crippen molar-refractivity contribution in [2.24, 2.45) is 16.9 Å². The van der Waals surface area contributed by atoms with Crippen LogP contribution in [0.15, 0.2) is 23.3 Å². The maximum Gasteiger partial charge on any atom is 1.00 e. The summed E-state index contributed by atoms with van der Waals surface area (Å²) in [5, 5.41) is 16.9. The maximum absolute atomic E-state index is 13.0. The van der Waals surface area contributed by atoms with E-state index in [2.05, 4.69) is 0 Å². The van der Waals surface area contributed by atoms with Crippen LogP contribution in [0.1, 0.15) is 56.9 Å². The number of fused-ring (bicyclic) bond motifs is 1. The van der Waals surface area contributed by atoms with E-state index in [9.17, 15) is 14.7 Å². The summed E-state index contributed by atoms with van der Waals surface area (Å²) in [6.07, 6.45) is 6.07. The molecular formula is C22H29N2NaO5. The number of ether oxygens (including phenoxy) is 2. The number of hydrogen-bond donors (Lipinski definition) is 0. The largest absolute Gasteiger partial charge is 1.00 e. The number of methoxy groups -OCH3 is 2. The number of carbonyl (C=O) groups is 2. The number of unbranched alkanes of at least 4 members (excludes halogenated alkanes) is 2. The number of carbonyl (C=O) groups excluding carboxylic acids is 2. The van der Waals surface area contributed by atoms with E-state index < -0.39 is 5.97 Å². The van der Waals surface area contributed by atoms with E-state index >= 15 is 0 Å². The van der Waals surface area contributed by atoms with Gasteiger partial charge in [0.1, 0.15) is 0 Å². The van der Waals surface area contributed by atoms with Crippen molar-refractivity contribution in [1.82, 2.24) is 5.01 Å². The quantitative estimate of drug-likeness (QED) is 0.389. The fourth-order valence-electron chi connectivity index (χ4n) is 4.33. The zero-order valence-corrected chi connectivity index (χ0v) is 20.2. The number of hydrogen-bond acceptors (Lipinski definition) is 6. The molecular weight excluding hydrogens is 395 g/mol. The third-order valence-electron chi connectivity index (χ3n) is 5.85. The molecule has 1 aliphatic carbocycles. The van der Waals surface area contributed by atoms with Crippen LogP contribution in [0.3, 0.4) is 0 Å². The van der Waals surface area contributed by atoms with Crippen LogP contribution in [-0.2, 0) is 9.59 Å². The molecule has 2 unspecified atom stereocenters. The Balaban J connectivity index is 0.00000320. The van der Waals surface area contributed by atoms with Crippen molar-refractivity contribution in [3.8, 4) is 11.5 Å². The molecule has 1 aromatic rings. The Morgan fingerprint density at radius 2 is 1.80 bits per heavy atom. The van der Waals surface area contributed by atoms with E-state index in [1.807, 2.05) is 18.2 Å². The first-order valence-electron chi connectivity index (χ1n) is 10.4. The molecule has 0 saturated heterocycles. The first-order valence-corrected chi connectivity index (χ1v) is 10.4. The number of carboxylic acid groups (broad SMARTS) is 1. The molecule has 0 bridgehead atoms. The van der Waals surface area contributed by atoms with Crippen LogP contribution >= 0.6 is 0 Å². The van der Waals surface area contributed by atoms with Crippen molar-refractivity contribution in [2.75, 3.05) is 20.8 Å². The minimum Gasteiger partial charge on any atom is -0.550 e. The summed E-state index contributed by atoms with van der Waals surface area (Å²) in [5.74, 6) is 0.465. The van der Waals surface area contributed by atoms with Crippen LogP contribution in [0.25, 0.3) is 0 Å². The number of aliphatic carboxylic acids is 1. The molecule has 1 heterocycles. The monoisotopic (exact) mass is 424 g/mol. The Morgan fingerprint density at radius 3 is 2.47 bits per heavy atom. The number of carboxylic acids is 1. The third kappa shape index (κ3) is 5.77. The van der Waals surface area contributed by atoms with Gasteiger partial charge >= 0.3 is 29.6 Å². The van der Waals surface area contributed by atoms with Gasteiger partial charge in [0.15, 0.2) is 11.5 Å². The fraction of sp³-hybridized carbons (Fsp3) is 0.591. The first kappa shape index (κ1) is 24.7. The van der Waals surface area contributed by atoms with E-state index in [-0.39, 0.29) is 53.7 Å². The van der Waals surface area contributed by atoms with Crippen molar-refractivity contribution >= 4 is 17.6 Å². The zero-order valence-electron chi connectivity index (χ0n) is 18.2. The summed E-state index contributed by atoms with van der Waals surface area (Å²) in [4.78, 5) is 23.6. The van der Waals surface area contributed by atoms with Gasteiger partial charge in [-0.15, -0.1) is 0 Å². The second-order valence-electron chi connectivity index (χ2n) is 7.70. The first-order chi connectivity index (χ1) is 14.0. The summed E-state index contributed by atoms with van der Waals surface area (Å²) in [7, 11) is 3.21. The Hall–Kier alpha value is -1.57. The molecule has 0 aromatic heterocycles. The van der Waals surface area contributed by atoms with Crippen LogP contribution in [0.4, 0.5) is 0 Å². The van der Waals surface area contributed by atoms with Gasteiger partial charge in [-0.2, -0.15) is 5.10 Å². The Labute approximate surface area is 200 Å². The topological polar surface area (TPSA) is 91.3 Å². The second kappa shape index (κ2) is 11.7. The zero-order chi connectivity index (χ0) is 20.8. The van der Waals surface area contributed by atoms with E-state index in [1.54, 1.807) is 19.2 Å². The molecule has 1 saturated carbocycles. The number of nitrogens with zero attached hydrogens (tertiary/aromatic N) is 2. The van der Waals surface area contributed by atoms with Gasteiger partial charge in [0.25, 0.3) is 0 Å². The SMILES string of the molecule is COc1ccc(C2=NN(CCCCCC(=O)[O-])C(=O)C3CCCCC23)cc1OC.[Na+]. The van der Waals surface area contributed by atoms with Crippen molar-refractivity contribution in [3.05, 3.63) is 23.8 Å². The van der Waals surface area contributed by atoms with Gasteiger partial charge in [-0.3, -0.25) is 4.79 Å². The van der Waals surface area contributed by atoms with Crippen molar-refractivity contribution in [3.63, 3.8) is 0 Å². The van der Waals surface area contributed by atoms with Crippen LogP contribution in [-0.4, -0.2) is 43.4 Å². The van der Waals surface area contributed by atoms with Gasteiger partial charge in [0.2, 0.25) is 5.91 Å². The minimum atomic E-state index is -1.03. The van der Waals surface area contributed by atoms with Gasteiger partial charge in [-0.05, 0) is 50.3 Å². The summed E-state index contributed by atoms with van der Waals surface area (Å²) in [5.41, 5.74) is 1.89. The molecule has 8 heteroatoms. The van der Waals surface area contributed by atoms with Crippen LogP contribution in [0.5, 0.6) is 11.5 Å². The number of rotatable bonds is 9. The number of hydrazone groups is 1. The van der Waals surface area contributed by atoms with Crippen molar-refractivity contribution in [1.29, 1.82) is 0 Å². The van der Waals surface area contributed by atoms with Gasteiger partial charge in [0, 0.05) is 29.9 Å². The summed E-state index contributed by atoms with van der Waals surface area (Å²) in [6.45, 7) is 0.506. The second-order valence-corrected chi connectivity index (χ2v) is 7.70. The molecule has 1 aliphatic heterocycles. The van der Waals surface area contributed by atoms with Gasteiger partial charge in [0.05, 0.1) is 19.9 Å². The Kier molecular flexibility index (Phi) is 9.65. The van der Waals surface area contributed by atoms with Gasteiger partial charge < -0.3 is 19.4 Å². The molecule has 30 heavy (non-hydrogen) atoms. The van der Waals surface area contributed by atoms with E-state index in [4.69, 9.17) is 14.6 Å². The van der Waals surface area contributed by atoms with Gasteiger partial charge in [-0.25, -0.2) is 5.01 Å². The molecule has 2 aliphatic rings. The molecule has 2 atom stereocenters. The molecule has 1 aromatic carbocycles. The van der Waals surface area contributed by atoms with Crippen LogP contribution < -0.4 is 44.1 Å². The van der Waals surface area contributed by atoms with E-state index in [1.165, 1.54) is 0 Å². The molecule has 1 amide bonds. The van der Waals surface area contributed by atoms with Crippen molar-refractivity contribution in [2.45, 2.75) is 51.4 Å². The predicted octanol–water partition coefficient (Wildman–Crippen LogP) is -0.629. The number of benzene rings is 1. The fourth-order valence-corrected chi connectivity index (χ4v) is 4.33. The standard InChI is InChI=1S/C22H30N2O5.Na/c1-28-18-12-11-15(14-19(18)29-2)21-16-8-5-6-9-17(16)22(27)24(23-21)13-7-3-4-10-20(25)26;/h11-12,14,16-17H,3-10,13H2,1-2H3,(H,25,26);/q;+1/p-1. The molecule has 0 spiro atoms. The van der Waals surface area contributed by atoms with E-state index in [0.29, 0.717) is 24.5 Å². The average Bonchev–Trinajstić information content (AvgIpc) is 2.74.